The smallest absolute Gasteiger partial charge is 0.267 e. The monoisotopic (exact) mass is 379 g/mol. The first-order valence-corrected chi connectivity index (χ1v) is 11.0. The van der Waals surface area contributed by atoms with Crippen molar-refractivity contribution in [1.82, 2.24) is 20.0 Å². The highest BCUT2D eigenvalue weighted by Crippen LogP contribution is 2.26. The molecule has 0 radical (unpaired) electrons. The van der Waals surface area contributed by atoms with Gasteiger partial charge in [-0.2, -0.15) is 10.2 Å². The Morgan fingerprint density at radius 1 is 0.857 bits per heavy atom. The quantitative estimate of drug-likeness (QED) is 0.820. The lowest BCUT2D eigenvalue weighted by atomic mass is 9.95. The summed E-state index contributed by atoms with van der Waals surface area (Å²) >= 11 is 0. The number of nitrogens with zero attached hydrogens (tertiary/aromatic N) is 5. The van der Waals surface area contributed by atoms with Gasteiger partial charge in [-0.05, 0) is 87.3 Å². The fourth-order valence-electron chi connectivity index (χ4n) is 4.95. The molecule has 0 saturated carbocycles. The summed E-state index contributed by atoms with van der Waals surface area (Å²) in [6, 6.07) is 4.09. The van der Waals surface area contributed by atoms with Crippen LogP contribution < -0.4 is 10.5 Å². The van der Waals surface area contributed by atoms with Gasteiger partial charge in [-0.25, -0.2) is 4.68 Å². The van der Waals surface area contributed by atoms with Crippen LogP contribution >= 0.6 is 0 Å². The van der Waals surface area contributed by atoms with Gasteiger partial charge >= 0.3 is 0 Å². The Morgan fingerprint density at radius 3 is 2.32 bits per heavy atom. The molecule has 0 bridgehead atoms. The Labute approximate surface area is 166 Å². The highest BCUT2D eigenvalue weighted by atomic mass is 16.1. The van der Waals surface area contributed by atoms with Gasteiger partial charge in [0.05, 0.1) is 11.4 Å². The van der Waals surface area contributed by atoms with E-state index in [2.05, 4.69) is 21.2 Å². The van der Waals surface area contributed by atoms with E-state index in [-0.39, 0.29) is 5.56 Å². The minimum Gasteiger partial charge on any atom is -0.355 e. The van der Waals surface area contributed by atoms with E-state index in [1.165, 1.54) is 42.5 Å². The molecule has 0 amide bonds. The largest absolute Gasteiger partial charge is 0.355 e. The number of aromatic nitrogens is 4. The van der Waals surface area contributed by atoms with Gasteiger partial charge < -0.3 is 4.90 Å². The van der Waals surface area contributed by atoms with Crippen LogP contribution in [0.4, 0.5) is 5.82 Å². The predicted molar refractivity (Wildman–Crippen MR) is 109 cm³/mol. The first-order valence-electron chi connectivity index (χ1n) is 11.0. The van der Waals surface area contributed by atoms with Gasteiger partial charge in [0, 0.05) is 25.7 Å². The van der Waals surface area contributed by atoms with Crippen molar-refractivity contribution in [3.8, 4) is 0 Å². The standard InChI is InChI=1S/C22H29N5O/c28-22-14-18-6-2-4-8-20(18)25-27(22)15-16-9-11-26(12-10-16)21-13-17-5-1-3-7-19(17)23-24-21/h13-14,16H,1-12,15H2. The van der Waals surface area contributed by atoms with Crippen LogP contribution in [0.3, 0.4) is 0 Å². The van der Waals surface area contributed by atoms with Crippen LogP contribution in [0.15, 0.2) is 16.9 Å². The van der Waals surface area contributed by atoms with E-state index in [4.69, 9.17) is 5.10 Å². The number of anilines is 1. The topological polar surface area (TPSA) is 63.9 Å². The lowest BCUT2D eigenvalue weighted by molar-refractivity contribution is 0.331. The summed E-state index contributed by atoms with van der Waals surface area (Å²) in [4.78, 5) is 14.8. The summed E-state index contributed by atoms with van der Waals surface area (Å²) in [7, 11) is 0. The number of hydrogen-bond acceptors (Lipinski definition) is 5. The average Bonchev–Trinajstić information content (AvgIpc) is 2.74. The molecule has 0 unspecified atom stereocenters. The molecule has 28 heavy (non-hydrogen) atoms. The van der Waals surface area contributed by atoms with Crippen molar-refractivity contribution in [2.45, 2.75) is 70.8 Å². The van der Waals surface area contributed by atoms with Crippen molar-refractivity contribution in [2.24, 2.45) is 5.92 Å². The van der Waals surface area contributed by atoms with Crippen LogP contribution in [0.25, 0.3) is 0 Å². The summed E-state index contributed by atoms with van der Waals surface area (Å²) < 4.78 is 1.73. The molecule has 5 rings (SSSR count). The number of piperidine rings is 1. The molecule has 1 aliphatic heterocycles. The van der Waals surface area contributed by atoms with E-state index in [1.807, 2.05) is 6.07 Å². The molecule has 0 N–H and O–H groups in total. The Kier molecular flexibility index (Phi) is 4.87. The van der Waals surface area contributed by atoms with Crippen LogP contribution in [0.1, 0.15) is 61.0 Å². The van der Waals surface area contributed by atoms with E-state index >= 15 is 0 Å². The first-order chi connectivity index (χ1) is 13.8. The third-order valence-electron chi connectivity index (χ3n) is 6.70. The van der Waals surface area contributed by atoms with E-state index in [9.17, 15) is 4.79 Å². The van der Waals surface area contributed by atoms with Gasteiger partial charge in [-0.3, -0.25) is 4.79 Å². The van der Waals surface area contributed by atoms with Crippen molar-refractivity contribution in [1.29, 1.82) is 0 Å². The molecule has 3 aliphatic rings. The minimum absolute atomic E-state index is 0.0728. The summed E-state index contributed by atoms with van der Waals surface area (Å²) in [5.41, 5.74) is 4.98. The van der Waals surface area contributed by atoms with E-state index < -0.39 is 0 Å². The second-order valence-electron chi connectivity index (χ2n) is 8.66. The second kappa shape index (κ2) is 7.64. The Balaban J connectivity index is 1.24. The fraction of sp³-hybridized carbons (Fsp3) is 0.636. The van der Waals surface area contributed by atoms with Crippen LogP contribution in [-0.2, 0) is 32.2 Å². The van der Waals surface area contributed by atoms with Crippen LogP contribution in [-0.4, -0.2) is 33.1 Å². The number of hydrogen-bond donors (Lipinski definition) is 0. The Bertz CT molecular complexity index is 914. The maximum absolute atomic E-state index is 12.5. The van der Waals surface area contributed by atoms with Gasteiger partial charge in [0.2, 0.25) is 0 Å². The molecule has 2 aromatic heterocycles. The Hall–Kier alpha value is -2.24. The predicted octanol–water partition coefficient (Wildman–Crippen LogP) is 2.71. The molecule has 1 fully saturated rings. The van der Waals surface area contributed by atoms with Gasteiger partial charge in [0.1, 0.15) is 0 Å². The van der Waals surface area contributed by atoms with Gasteiger partial charge in [-0.1, -0.05) is 0 Å². The summed E-state index contributed by atoms with van der Waals surface area (Å²) in [6.07, 6.45) is 11.3. The van der Waals surface area contributed by atoms with Crippen molar-refractivity contribution in [2.75, 3.05) is 18.0 Å². The summed E-state index contributed by atoms with van der Waals surface area (Å²) in [5, 5.41) is 13.7. The molecule has 0 atom stereocenters. The molecule has 148 valence electrons. The average molecular weight is 380 g/mol. The normalized spacial score (nSPS) is 19.9. The molecule has 2 aromatic rings. The van der Waals surface area contributed by atoms with Crippen LogP contribution in [0, 0.1) is 5.92 Å². The van der Waals surface area contributed by atoms with E-state index in [1.54, 1.807) is 4.68 Å². The zero-order valence-corrected chi connectivity index (χ0v) is 16.6. The van der Waals surface area contributed by atoms with Crippen molar-refractivity contribution in [3.05, 3.63) is 45.0 Å². The van der Waals surface area contributed by atoms with E-state index in [0.717, 1.165) is 69.7 Å². The number of aryl methyl sites for hydroxylation is 4. The second-order valence-corrected chi connectivity index (χ2v) is 8.66. The Morgan fingerprint density at radius 2 is 1.54 bits per heavy atom. The fourth-order valence-corrected chi connectivity index (χ4v) is 4.95. The first kappa shape index (κ1) is 17.8. The third-order valence-corrected chi connectivity index (χ3v) is 6.70. The van der Waals surface area contributed by atoms with E-state index in [0.29, 0.717) is 5.92 Å². The van der Waals surface area contributed by atoms with Crippen molar-refractivity contribution < 1.29 is 0 Å². The zero-order valence-electron chi connectivity index (χ0n) is 16.6. The minimum atomic E-state index is 0.0728. The van der Waals surface area contributed by atoms with Gasteiger partial charge in [-0.15, -0.1) is 5.10 Å². The molecule has 6 heteroatoms. The number of rotatable bonds is 3. The molecule has 3 heterocycles. The highest BCUT2D eigenvalue weighted by molar-refractivity contribution is 5.42. The molecule has 6 nitrogen and oxygen atoms in total. The highest BCUT2D eigenvalue weighted by Gasteiger charge is 2.23. The van der Waals surface area contributed by atoms with Crippen molar-refractivity contribution in [3.63, 3.8) is 0 Å². The third kappa shape index (κ3) is 3.56. The maximum atomic E-state index is 12.5. The summed E-state index contributed by atoms with van der Waals surface area (Å²) in [5.74, 6) is 1.54. The molecule has 2 aliphatic carbocycles. The lowest BCUT2D eigenvalue weighted by Gasteiger charge is -2.33. The number of fused-ring (bicyclic) bond motifs is 2. The zero-order chi connectivity index (χ0) is 18.9. The molecular formula is C22H29N5O. The van der Waals surface area contributed by atoms with Gasteiger partial charge in [0.25, 0.3) is 5.56 Å². The van der Waals surface area contributed by atoms with Crippen LogP contribution in [0.5, 0.6) is 0 Å². The molecule has 1 saturated heterocycles. The molecule has 0 spiro atoms. The maximum Gasteiger partial charge on any atom is 0.267 e. The van der Waals surface area contributed by atoms with Crippen LogP contribution in [0.2, 0.25) is 0 Å². The molecule has 0 aromatic carbocycles. The SMILES string of the molecule is O=c1cc2c(nn1CC1CCN(c3cc4c(nn3)CCCC4)CC1)CCCC2. The summed E-state index contributed by atoms with van der Waals surface area (Å²) in [6.45, 7) is 2.71. The lowest BCUT2D eigenvalue weighted by Crippen LogP contribution is -2.38. The van der Waals surface area contributed by atoms with Gasteiger partial charge in [0.15, 0.2) is 5.82 Å². The van der Waals surface area contributed by atoms with Crippen molar-refractivity contribution >= 4 is 5.82 Å². The molecular weight excluding hydrogens is 350 g/mol.